The van der Waals surface area contributed by atoms with Crippen molar-refractivity contribution >= 4 is 45.5 Å². The van der Waals surface area contributed by atoms with Gasteiger partial charge in [-0.2, -0.15) is 0 Å². The lowest BCUT2D eigenvalue weighted by Crippen LogP contribution is -2.06. The normalized spacial score (nSPS) is 10.6. The highest BCUT2D eigenvalue weighted by molar-refractivity contribution is 6.33. The third-order valence-electron chi connectivity index (χ3n) is 3.26. The minimum atomic E-state index is -0.341. The number of carbonyl (C=O) groups is 1. The lowest BCUT2D eigenvalue weighted by atomic mass is 10.1. The molecule has 0 atom stereocenters. The molecule has 0 aliphatic carbocycles. The molecule has 6 heteroatoms. The molecule has 1 amide bonds. The fourth-order valence-electron chi connectivity index (χ4n) is 2.27. The molecule has 0 bridgehead atoms. The molecule has 3 aromatic rings. The van der Waals surface area contributed by atoms with Gasteiger partial charge in [0.05, 0.1) is 16.2 Å². The molecule has 0 radical (unpaired) electrons. The van der Waals surface area contributed by atoms with Gasteiger partial charge in [0.25, 0.3) is 0 Å². The Morgan fingerprint density at radius 3 is 2.74 bits per heavy atom. The topological polar surface area (TPSA) is 54.0 Å². The van der Waals surface area contributed by atoms with Gasteiger partial charge in [-0.15, -0.1) is 0 Å². The first kappa shape index (κ1) is 15.2. The van der Waals surface area contributed by atoms with Crippen molar-refractivity contribution in [2.24, 2.45) is 0 Å². The largest absolute Gasteiger partial charge is 0.354 e. The molecule has 3 rings (SSSR count). The van der Waals surface area contributed by atoms with E-state index >= 15 is 0 Å². The number of pyridine rings is 1. The molecular weight excluding hydrogens is 317 g/mol. The number of rotatable bonds is 3. The quantitative estimate of drug-likeness (QED) is 0.730. The molecule has 0 aliphatic heterocycles. The summed E-state index contributed by atoms with van der Waals surface area (Å²) in [5.74, 6) is -0.513. The van der Waals surface area contributed by atoms with Crippen LogP contribution in [-0.4, -0.2) is 10.9 Å². The van der Waals surface area contributed by atoms with E-state index in [1.54, 1.807) is 36.5 Å². The lowest BCUT2D eigenvalue weighted by Gasteiger charge is -2.12. The Balaban J connectivity index is 2.02. The summed E-state index contributed by atoms with van der Waals surface area (Å²) in [7, 11) is 0. The van der Waals surface area contributed by atoms with Crippen molar-refractivity contribution in [1.29, 1.82) is 0 Å². The van der Waals surface area contributed by atoms with E-state index in [1.165, 1.54) is 19.1 Å². The maximum absolute atomic E-state index is 13.5. The molecular formula is C17H13ClFN3O. The van der Waals surface area contributed by atoms with Crippen LogP contribution in [0.1, 0.15) is 6.92 Å². The summed E-state index contributed by atoms with van der Waals surface area (Å²) in [5, 5.41) is 6.99. The van der Waals surface area contributed by atoms with Crippen LogP contribution in [0.2, 0.25) is 5.02 Å². The number of hydrogen-bond donors (Lipinski definition) is 2. The number of amides is 1. The second-order valence-electron chi connectivity index (χ2n) is 5.02. The van der Waals surface area contributed by atoms with Crippen LogP contribution in [0.5, 0.6) is 0 Å². The number of anilines is 3. The molecule has 2 N–H and O–H groups in total. The van der Waals surface area contributed by atoms with Gasteiger partial charge in [0.2, 0.25) is 5.91 Å². The van der Waals surface area contributed by atoms with E-state index in [9.17, 15) is 9.18 Å². The second kappa shape index (κ2) is 6.22. The van der Waals surface area contributed by atoms with E-state index in [4.69, 9.17) is 11.6 Å². The molecule has 23 heavy (non-hydrogen) atoms. The fraction of sp³-hybridized carbons (Fsp3) is 0.0588. The Labute approximate surface area is 137 Å². The van der Waals surface area contributed by atoms with Crippen LogP contribution in [0.4, 0.5) is 21.5 Å². The van der Waals surface area contributed by atoms with Crippen molar-refractivity contribution in [2.75, 3.05) is 10.6 Å². The maximum atomic E-state index is 13.5. The molecule has 116 valence electrons. The van der Waals surface area contributed by atoms with Gasteiger partial charge in [-0.05, 0) is 42.5 Å². The zero-order valence-corrected chi connectivity index (χ0v) is 13.0. The summed E-state index contributed by atoms with van der Waals surface area (Å²) in [6.45, 7) is 1.43. The Hall–Kier alpha value is -2.66. The first-order valence-electron chi connectivity index (χ1n) is 6.91. The van der Waals surface area contributed by atoms with Gasteiger partial charge in [-0.25, -0.2) is 4.39 Å². The van der Waals surface area contributed by atoms with Crippen LogP contribution < -0.4 is 10.6 Å². The summed E-state index contributed by atoms with van der Waals surface area (Å²) < 4.78 is 13.5. The molecule has 2 aromatic carbocycles. The number of hydrogen-bond acceptors (Lipinski definition) is 3. The first-order chi connectivity index (χ1) is 11.0. The highest BCUT2D eigenvalue weighted by Gasteiger charge is 2.08. The first-order valence-corrected chi connectivity index (χ1v) is 7.29. The van der Waals surface area contributed by atoms with Crippen LogP contribution in [0.25, 0.3) is 10.9 Å². The summed E-state index contributed by atoms with van der Waals surface area (Å²) in [6.07, 6.45) is 1.63. The molecule has 0 spiro atoms. The summed E-state index contributed by atoms with van der Waals surface area (Å²) >= 11 is 6.20. The fourth-order valence-corrected chi connectivity index (χ4v) is 2.44. The summed E-state index contributed by atoms with van der Waals surface area (Å²) in [4.78, 5) is 15.4. The van der Waals surface area contributed by atoms with Gasteiger partial charge in [-0.3, -0.25) is 9.78 Å². The van der Waals surface area contributed by atoms with Crippen molar-refractivity contribution in [1.82, 2.24) is 4.98 Å². The SMILES string of the molecule is CC(=O)Nc1ccc(Cl)c(Nc2ccnc3ccc(F)cc23)c1. The van der Waals surface area contributed by atoms with Crippen molar-refractivity contribution in [2.45, 2.75) is 6.92 Å². The third-order valence-corrected chi connectivity index (χ3v) is 3.59. The van der Waals surface area contributed by atoms with Gasteiger partial charge in [0.1, 0.15) is 5.82 Å². The Kier molecular flexibility index (Phi) is 4.12. The van der Waals surface area contributed by atoms with Crippen molar-refractivity contribution < 1.29 is 9.18 Å². The minimum absolute atomic E-state index is 0.172. The number of nitrogens with one attached hydrogen (secondary N) is 2. The average molecular weight is 330 g/mol. The number of halogens is 2. The summed E-state index contributed by atoms with van der Waals surface area (Å²) in [5.41, 5.74) is 2.57. The highest BCUT2D eigenvalue weighted by Crippen LogP contribution is 2.31. The number of fused-ring (bicyclic) bond motifs is 1. The minimum Gasteiger partial charge on any atom is -0.354 e. The Bertz CT molecular complexity index is 898. The molecule has 0 aliphatic rings. The van der Waals surface area contributed by atoms with E-state index in [2.05, 4.69) is 15.6 Å². The maximum Gasteiger partial charge on any atom is 0.221 e. The van der Waals surface area contributed by atoms with E-state index < -0.39 is 0 Å². The smallest absolute Gasteiger partial charge is 0.221 e. The third kappa shape index (κ3) is 3.40. The van der Waals surface area contributed by atoms with E-state index in [0.29, 0.717) is 33.0 Å². The number of aromatic nitrogens is 1. The molecule has 4 nitrogen and oxygen atoms in total. The van der Waals surface area contributed by atoms with E-state index in [1.807, 2.05) is 0 Å². The monoisotopic (exact) mass is 329 g/mol. The zero-order valence-electron chi connectivity index (χ0n) is 12.2. The molecule has 1 heterocycles. The van der Waals surface area contributed by atoms with Gasteiger partial charge in [0.15, 0.2) is 0 Å². The summed E-state index contributed by atoms with van der Waals surface area (Å²) in [6, 6.07) is 11.2. The number of carbonyl (C=O) groups excluding carboxylic acids is 1. The second-order valence-corrected chi connectivity index (χ2v) is 5.43. The van der Waals surface area contributed by atoms with Crippen molar-refractivity contribution in [3.8, 4) is 0 Å². The highest BCUT2D eigenvalue weighted by atomic mass is 35.5. The average Bonchev–Trinajstić information content (AvgIpc) is 2.50. The van der Waals surface area contributed by atoms with Crippen molar-refractivity contribution in [3.63, 3.8) is 0 Å². The van der Waals surface area contributed by atoms with Crippen LogP contribution in [0.3, 0.4) is 0 Å². The van der Waals surface area contributed by atoms with E-state index in [-0.39, 0.29) is 11.7 Å². The lowest BCUT2D eigenvalue weighted by molar-refractivity contribution is -0.114. The van der Waals surface area contributed by atoms with Gasteiger partial charge in [0, 0.05) is 29.9 Å². The molecule has 0 unspecified atom stereocenters. The predicted molar refractivity (Wildman–Crippen MR) is 90.7 cm³/mol. The number of benzene rings is 2. The zero-order chi connectivity index (χ0) is 16.4. The molecule has 0 fully saturated rings. The van der Waals surface area contributed by atoms with Crippen LogP contribution >= 0.6 is 11.6 Å². The predicted octanol–water partition coefficient (Wildman–Crippen LogP) is 4.73. The molecule has 0 saturated heterocycles. The molecule has 0 saturated carbocycles. The Morgan fingerprint density at radius 2 is 1.96 bits per heavy atom. The standard InChI is InChI=1S/C17H13ClFN3O/c1-10(23)21-12-3-4-14(18)17(9-12)22-16-6-7-20-15-5-2-11(19)8-13(15)16/h2-9H,1H3,(H,20,22)(H,21,23). The van der Waals surface area contributed by atoms with E-state index in [0.717, 1.165) is 0 Å². The Morgan fingerprint density at radius 1 is 1.13 bits per heavy atom. The van der Waals surface area contributed by atoms with Crippen LogP contribution in [-0.2, 0) is 4.79 Å². The van der Waals surface area contributed by atoms with Crippen molar-refractivity contribution in [3.05, 3.63) is 59.5 Å². The molecule has 1 aromatic heterocycles. The van der Waals surface area contributed by atoms with Gasteiger partial charge >= 0.3 is 0 Å². The van der Waals surface area contributed by atoms with Crippen LogP contribution in [0, 0.1) is 5.82 Å². The van der Waals surface area contributed by atoms with Crippen LogP contribution in [0.15, 0.2) is 48.7 Å². The van der Waals surface area contributed by atoms with Gasteiger partial charge < -0.3 is 10.6 Å². The van der Waals surface area contributed by atoms with Gasteiger partial charge in [-0.1, -0.05) is 11.6 Å². The number of nitrogens with zero attached hydrogens (tertiary/aromatic N) is 1.